The zero-order valence-corrected chi connectivity index (χ0v) is 9.29. The molecule has 2 rings (SSSR count). The standard InChI is InChI=1S/C14H20/c1-11(2)7-8-13-10-9-12-5-3-4-6-14(12)13/h3-6,11,13H,7-10H2,1-2H3/t13-/m1/s1. The molecule has 0 N–H and O–H groups in total. The summed E-state index contributed by atoms with van der Waals surface area (Å²) in [4.78, 5) is 0. The van der Waals surface area contributed by atoms with Gasteiger partial charge < -0.3 is 0 Å². The Bertz CT molecular complexity index is 299. The van der Waals surface area contributed by atoms with Gasteiger partial charge in [-0.2, -0.15) is 0 Å². The van der Waals surface area contributed by atoms with Gasteiger partial charge in [0.05, 0.1) is 0 Å². The Balaban J connectivity index is 2.03. The van der Waals surface area contributed by atoms with Crippen LogP contribution in [0.25, 0.3) is 0 Å². The van der Waals surface area contributed by atoms with Crippen LogP contribution in [0.5, 0.6) is 0 Å². The average Bonchev–Trinajstić information content (AvgIpc) is 2.58. The normalized spacial score (nSPS) is 20.1. The second-order valence-electron chi connectivity index (χ2n) is 4.91. The van der Waals surface area contributed by atoms with Crippen molar-refractivity contribution in [1.29, 1.82) is 0 Å². The van der Waals surface area contributed by atoms with Gasteiger partial charge in [-0.05, 0) is 42.2 Å². The fraction of sp³-hybridized carbons (Fsp3) is 0.571. The molecule has 0 fully saturated rings. The van der Waals surface area contributed by atoms with Crippen LogP contribution in [0, 0.1) is 5.92 Å². The summed E-state index contributed by atoms with van der Waals surface area (Å²) in [5.41, 5.74) is 3.23. The molecule has 0 heterocycles. The molecule has 76 valence electrons. The van der Waals surface area contributed by atoms with Gasteiger partial charge in [0, 0.05) is 0 Å². The first-order valence-electron chi connectivity index (χ1n) is 5.85. The molecule has 0 aromatic heterocycles. The monoisotopic (exact) mass is 188 g/mol. The Morgan fingerprint density at radius 2 is 2.07 bits per heavy atom. The lowest BCUT2D eigenvalue weighted by Crippen LogP contribution is -1.96. The van der Waals surface area contributed by atoms with E-state index >= 15 is 0 Å². The molecule has 0 bridgehead atoms. The molecule has 0 saturated heterocycles. The highest BCUT2D eigenvalue weighted by Crippen LogP contribution is 2.36. The second-order valence-corrected chi connectivity index (χ2v) is 4.91. The Labute approximate surface area is 87.3 Å². The first kappa shape index (κ1) is 9.76. The predicted octanol–water partition coefficient (Wildman–Crippen LogP) is 4.15. The summed E-state index contributed by atoms with van der Waals surface area (Å²) >= 11 is 0. The van der Waals surface area contributed by atoms with Crippen molar-refractivity contribution in [2.45, 2.75) is 45.4 Å². The third kappa shape index (κ3) is 2.00. The van der Waals surface area contributed by atoms with Gasteiger partial charge in [-0.1, -0.05) is 44.5 Å². The molecule has 1 aromatic carbocycles. The van der Waals surface area contributed by atoms with E-state index in [1.807, 2.05) is 0 Å². The topological polar surface area (TPSA) is 0 Å². The van der Waals surface area contributed by atoms with E-state index in [4.69, 9.17) is 0 Å². The lowest BCUT2D eigenvalue weighted by Gasteiger charge is -2.12. The van der Waals surface area contributed by atoms with Crippen molar-refractivity contribution in [2.75, 3.05) is 0 Å². The van der Waals surface area contributed by atoms with Gasteiger partial charge in [0.1, 0.15) is 0 Å². The molecule has 1 aromatic rings. The van der Waals surface area contributed by atoms with Crippen LogP contribution in [0.3, 0.4) is 0 Å². The molecule has 0 unspecified atom stereocenters. The van der Waals surface area contributed by atoms with E-state index in [0.717, 1.165) is 11.8 Å². The van der Waals surface area contributed by atoms with Crippen molar-refractivity contribution < 1.29 is 0 Å². The second kappa shape index (κ2) is 4.16. The Morgan fingerprint density at radius 3 is 2.86 bits per heavy atom. The summed E-state index contributed by atoms with van der Waals surface area (Å²) in [6.07, 6.45) is 5.44. The molecular formula is C14H20. The molecule has 1 aliphatic rings. The summed E-state index contributed by atoms with van der Waals surface area (Å²) < 4.78 is 0. The van der Waals surface area contributed by atoms with Crippen LogP contribution in [0.1, 0.15) is 50.2 Å². The minimum Gasteiger partial charge on any atom is -0.0628 e. The van der Waals surface area contributed by atoms with Gasteiger partial charge in [-0.25, -0.2) is 0 Å². The van der Waals surface area contributed by atoms with Crippen LogP contribution in [-0.2, 0) is 6.42 Å². The molecule has 0 heteroatoms. The molecule has 1 aliphatic carbocycles. The highest BCUT2D eigenvalue weighted by Gasteiger charge is 2.21. The van der Waals surface area contributed by atoms with Crippen molar-refractivity contribution >= 4 is 0 Å². The largest absolute Gasteiger partial charge is 0.0628 e. The zero-order valence-electron chi connectivity index (χ0n) is 9.29. The predicted molar refractivity (Wildman–Crippen MR) is 61.6 cm³/mol. The Hall–Kier alpha value is -0.780. The Kier molecular flexibility index (Phi) is 2.90. The molecule has 0 saturated carbocycles. The van der Waals surface area contributed by atoms with Gasteiger partial charge in [-0.3, -0.25) is 0 Å². The first-order chi connectivity index (χ1) is 6.77. The third-order valence-electron chi connectivity index (χ3n) is 3.35. The van der Waals surface area contributed by atoms with Crippen LogP contribution < -0.4 is 0 Å². The molecule has 0 amide bonds. The van der Waals surface area contributed by atoms with Crippen LogP contribution in [0.4, 0.5) is 0 Å². The number of hydrogen-bond donors (Lipinski definition) is 0. The zero-order chi connectivity index (χ0) is 9.97. The molecule has 0 radical (unpaired) electrons. The number of fused-ring (bicyclic) bond motifs is 1. The molecular weight excluding hydrogens is 168 g/mol. The van der Waals surface area contributed by atoms with Crippen molar-refractivity contribution in [3.8, 4) is 0 Å². The van der Waals surface area contributed by atoms with Crippen molar-refractivity contribution in [3.05, 3.63) is 35.4 Å². The lowest BCUT2D eigenvalue weighted by atomic mass is 9.93. The maximum absolute atomic E-state index is 2.33. The highest BCUT2D eigenvalue weighted by molar-refractivity contribution is 5.34. The number of benzene rings is 1. The van der Waals surface area contributed by atoms with E-state index in [1.54, 1.807) is 11.1 Å². The molecule has 0 nitrogen and oxygen atoms in total. The van der Waals surface area contributed by atoms with E-state index in [-0.39, 0.29) is 0 Å². The van der Waals surface area contributed by atoms with Crippen LogP contribution in [0.15, 0.2) is 24.3 Å². The number of aryl methyl sites for hydroxylation is 1. The van der Waals surface area contributed by atoms with Gasteiger partial charge in [0.25, 0.3) is 0 Å². The molecule has 0 aliphatic heterocycles. The van der Waals surface area contributed by atoms with Crippen LogP contribution in [-0.4, -0.2) is 0 Å². The molecule has 1 atom stereocenters. The van der Waals surface area contributed by atoms with E-state index in [1.165, 1.54) is 25.7 Å². The van der Waals surface area contributed by atoms with E-state index in [0.29, 0.717) is 0 Å². The van der Waals surface area contributed by atoms with E-state index in [2.05, 4.69) is 38.1 Å². The maximum Gasteiger partial charge on any atom is -0.0156 e. The minimum absolute atomic E-state index is 0.850. The summed E-state index contributed by atoms with van der Waals surface area (Å²) in [5, 5.41) is 0. The van der Waals surface area contributed by atoms with Gasteiger partial charge in [-0.15, -0.1) is 0 Å². The minimum atomic E-state index is 0.850. The highest BCUT2D eigenvalue weighted by atomic mass is 14.3. The average molecular weight is 188 g/mol. The fourth-order valence-corrected chi connectivity index (χ4v) is 2.48. The third-order valence-corrected chi connectivity index (χ3v) is 3.35. The molecule has 14 heavy (non-hydrogen) atoms. The summed E-state index contributed by atoms with van der Waals surface area (Å²) in [6.45, 7) is 4.64. The van der Waals surface area contributed by atoms with Crippen molar-refractivity contribution in [2.24, 2.45) is 5.92 Å². The SMILES string of the molecule is CC(C)CC[C@@H]1CCc2ccccc21. The summed E-state index contributed by atoms with van der Waals surface area (Å²) in [7, 11) is 0. The Morgan fingerprint density at radius 1 is 1.29 bits per heavy atom. The quantitative estimate of drug-likeness (QED) is 0.668. The fourth-order valence-electron chi connectivity index (χ4n) is 2.48. The van der Waals surface area contributed by atoms with Crippen molar-refractivity contribution in [3.63, 3.8) is 0 Å². The smallest absolute Gasteiger partial charge is 0.0156 e. The molecule has 0 spiro atoms. The van der Waals surface area contributed by atoms with Crippen LogP contribution >= 0.6 is 0 Å². The van der Waals surface area contributed by atoms with Crippen LogP contribution in [0.2, 0.25) is 0 Å². The summed E-state index contributed by atoms with van der Waals surface area (Å²) in [6, 6.07) is 8.98. The first-order valence-corrected chi connectivity index (χ1v) is 5.85. The number of hydrogen-bond acceptors (Lipinski definition) is 0. The van der Waals surface area contributed by atoms with Gasteiger partial charge in [0.15, 0.2) is 0 Å². The lowest BCUT2D eigenvalue weighted by molar-refractivity contribution is 0.497. The van der Waals surface area contributed by atoms with Gasteiger partial charge >= 0.3 is 0 Å². The van der Waals surface area contributed by atoms with Gasteiger partial charge in [0.2, 0.25) is 0 Å². The van der Waals surface area contributed by atoms with E-state index < -0.39 is 0 Å². The maximum atomic E-state index is 2.33. The van der Waals surface area contributed by atoms with E-state index in [9.17, 15) is 0 Å². The summed E-state index contributed by atoms with van der Waals surface area (Å²) in [5.74, 6) is 1.70. The number of rotatable bonds is 3. The van der Waals surface area contributed by atoms with Crippen molar-refractivity contribution in [1.82, 2.24) is 0 Å².